The molecule has 0 aromatic heterocycles. The molecule has 0 radical (unpaired) electrons. The number of hydrogen-bond donors (Lipinski definition) is 2. The van der Waals surface area contributed by atoms with Crippen LogP contribution in [0, 0.1) is 5.82 Å². The molecule has 2 aromatic rings. The number of halogens is 1. The number of fused-ring (bicyclic) bond motifs is 1. The number of amides is 3. The molecule has 3 rings (SSSR count). The van der Waals surface area contributed by atoms with E-state index in [9.17, 15) is 32.7 Å². The van der Waals surface area contributed by atoms with Crippen molar-refractivity contribution in [3.05, 3.63) is 66.0 Å². The van der Waals surface area contributed by atoms with Crippen LogP contribution in [-0.2, 0) is 42.2 Å². The summed E-state index contributed by atoms with van der Waals surface area (Å²) < 4.78 is 68.3. The Kier molecular flexibility index (Phi) is 13.5. The van der Waals surface area contributed by atoms with E-state index in [0.717, 1.165) is 11.0 Å². The summed E-state index contributed by atoms with van der Waals surface area (Å²) in [5, 5.41) is 10.4. The highest BCUT2D eigenvalue weighted by Gasteiger charge is 2.43. The van der Waals surface area contributed by atoms with Crippen molar-refractivity contribution in [2.45, 2.75) is 85.2 Å². The minimum atomic E-state index is -5.15. The molecule has 1 heterocycles. The van der Waals surface area contributed by atoms with Crippen LogP contribution < -0.4 is 18.7 Å². The third-order valence-corrected chi connectivity index (χ3v) is 8.46. The molecule has 1 aliphatic heterocycles. The van der Waals surface area contributed by atoms with Gasteiger partial charge in [-0.2, -0.15) is 8.42 Å². The normalized spacial score (nSPS) is 14.2. The quantitative estimate of drug-likeness (QED) is 0.136. The van der Waals surface area contributed by atoms with Gasteiger partial charge in [-0.25, -0.2) is 27.8 Å². The van der Waals surface area contributed by atoms with Crippen LogP contribution in [0.3, 0.4) is 0 Å². The lowest BCUT2D eigenvalue weighted by atomic mass is 10.1. The van der Waals surface area contributed by atoms with Gasteiger partial charge >= 0.3 is 34.5 Å². The molecule has 2 aromatic carbocycles. The first-order chi connectivity index (χ1) is 24.2. The van der Waals surface area contributed by atoms with Gasteiger partial charge in [0.2, 0.25) is 0 Å². The highest BCUT2D eigenvalue weighted by molar-refractivity contribution is 7.91. The van der Waals surface area contributed by atoms with Gasteiger partial charge in [-0.05, 0) is 53.5 Å². The Labute approximate surface area is 303 Å². The van der Waals surface area contributed by atoms with Gasteiger partial charge in [-0.15, -0.1) is 0 Å². The molecular formula is C35H47FN4O11S. The first-order valence-corrected chi connectivity index (χ1v) is 17.9. The number of esters is 1. The van der Waals surface area contributed by atoms with Crippen LogP contribution >= 0.6 is 0 Å². The van der Waals surface area contributed by atoms with Crippen molar-refractivity contribution in [1.82, 2.24) is 9.62 Å². The summed E-state index contributed by atoms with van der Waals surface area (Å²) in [7, 11) is -5.15. The van der Waals surface area contributed by atoms with E-state index in [1.165, 1.54) is 11.0 Å². The largest absolute Gasteiger partial charge is 0.487 e. The maximum Gasteiger partial charge on any atom is 0.422 e. The van der Waals surface area contributed by atoms with Crippen molar-refractivity contribution in [2.75, 3.05) is 35.4 Å². The minimum absolute atomic E-state index is 0.171. The maximum atomic E-state index is 17.1. The van der Waals surface area contributed by atoms with E-state index in [0.29, 0.717) is 12.0 Å². The van der Waals surface area contributed by atoms with E-state index in [4.69, 9.17) is 18.9 Å². The van der Waals surface area contributed by atoms with Gasteiger partial charge in [0.15, 0.2) is 5.82 Å². The standard InChI is InChI=1S/C35H47FN4O11S/c1-9-16-38(33(45)51-35(6,7)8)20-24-18-25-26(40(24)32(43)44)19-27(49-22-23-14-12-11-13-15-23)30(29(25)36)39(21-28(41)50-34(3,4)5)52(46,47)37-31(42)48-17-10-2/h10-15,19,24H,2,9,16-18,20-22H2,1,3-8H3,(H,37,42)(H,43,44)/t24-/m1/s1. The Bertz CT molecular complexity index is 1740. The van der Waals surface area contributed by atoms with E-state index >= 15 is 4.39 Å². The number of hydrogen-bond acceptors (Lipinski definition) is 10. The number of rotatable bonds is 14. The summed E-state index contributed by atoms with van der Waals surface area (Å²) in [6.07, 6.45) is -2.24. The second kappa shape index (κ2) is 17.0. The molecule has 286 valence electrons. The molecule has 0 bridgehead atoms. The topological polar surface area (TPSA) is 181 Å². The van der Waals surface area contributed by atoms with E-state index in [1.54, 1.807) is 76.6 Å². The van der Waals surface area contributed by atoms with Crippen LogP contribution in [0.2, 0.25) is 0 Å². The van der Waals surface area contributed by atoms with E-state index in [1.807, 2.05) is 6.92 Å². The van der Waals surface area contributed by atoms with Crippen LogP contribution in [0.4, 0.5) is 30.1 Å². The lowest BCUT2D eigenvalue weighted by molar-refractivity contribution is -0.152. The lowest BCUT2D eigenvalue weighted by Crippen LogP contribution is -2.48. The number of ether oxygens (including phenoxy) is 4. The molecule has 2 N–H and O–H groups in total. The molecule has 3 amide bonds. The molecule has 1 atom stereocenters. The highest BCUT2D eigenvalue weighted by atomic mass is 32.2. The van der Waals surface area contributed by atoms with Crippen molar-refractivity contribution in [2.24, 2.45) is 0 Å². The SMILES string of the molecule is C=CCOC(=O)NS(=O)(=O)N(CC(=O)OC(C)(C)C)c1c(OCc2ccccc2)cc2c(c1F)C[C@H](CN(CCC)C(=O)OC(C)(C)C)N2C(=O)O. The predicted octanol–water partition coefficient (Wildman–Crippen LogP) is 5.77. The molecule has 17 heteroatoms. The average Bonchev–Trinajstić information content (AvgIpc) is 3.39. The number of carboxylic acid groups (broad SMARTS) is 1. The Morgan fingerprint density at radius 2 is 1.71 bits per heavy atom. The molecule has 0 spiro atoms. The van der Waals surface area contributed by atoms with E-state index < -0.39 is 75.5 Å². The Morgan fingerprint density at radius 3 is 2.27 bits per heavy atom. The molecule has 15 nitrogen and oxygen atoms in total. The Balaban J connectivity index is 2.24. The third kappa shape index (κ3) is 11.2. The molecule has 52 heavy (non-hydrogen) atoms. The minimum Gasteiger partial charge on any atom is -0.487 e. The summed E-state index contributed by atoms with van der Waals surface area (Å²) in [6.45, 7) is 13.2. The summed E-state index contributed by atoms with van der Waals surface area (Å²) in [5.41, 5.74) is -2.56. The fraction of sp³-hybridized carbons (Fsp3) is 0.486. The van der Waals surface area contributed by atoms with Gasteiger partial charge in [-0.1, -0.05) is 49.9 Å². The highest BCUT2D eigenvalue weighted by Crippen LogP contribution is 2.45. The predicted molar refractivity (Wildman–Crippen MR) is 190 cm³/mol. The number of anilines is 2. The smallest absolute Gasteiger partial charge is 0.422 e. The summed E-state index contributed by atoms with van der Waals surface area (Å²) in [4.78, 5) is 53.7. The van der Waals surface area contributed by atoms with E-state index in [-0.39, 0.29) is 48.3 Å². The van der Waals surface area contributed by atoms with Crippen LogP contribution in [0.1, 0.15) is 66.0 Å². The van der Waals surface area contributed by atoms with Crippen molar-refractivity contribution in [3.63, 3.8) is 0 Å². The lowest BCUT2D eigenvalue weighted by Gasteiger charge is -2.31. The zero-order valence-corrected chi connectivity index (χ0v) is 31.2. The average molecular weight is 751 g/mol. The van der Waals surface area contributed by atoms with Crippen LogP contribution in [0.25, 0.3) is 0 Å². The zero-order valence-electron chi connectivity index (χ0n) is 30.4. The Morgan fingerprint density at radius 1 is 1.08 bits per heavy atom. The van der Waals surface area contributed by atoms with Gasteiger partial charge in [0, 0.05) is 31.1 Å². The maximum absolute atomic E-state index is 17.1. The van der Waals surface area contributed by atoms with Crippen molar-refractivity contribution in [1.29, 1.82) is 0 Å². The number of carbonyl (C=O) groups is 4. The molecule has 0 saturated carbocycles. The fourth-order valence-electron chi connectivity index (χ4n) is 5.27. The van der Waals surface area contributed by atoms with Gasteiger partial charge in [-0.3, -0.25) is 9.69 Å². The first-order valence-electron chi connectivity index (χ1n) is 16.5. The van der Waals surface area contributed by atoms with Gasteiger partial charge in [0.05, 0.1) is 11.7 Å². The molecule has 0 saturated heterocycles. The zero-order chi connectivity index (χ0) is 39.0. The van der Waals surface area contributed by atoms with Gasteiger partial charge < -0.3 is 29.0 Å². The molecular weight excluding hydrogens is 703 g/mol. The number of carbonyl (C=O) groups excluding carboxylic acids is 3. The van der Waals surface area contributed by atoms with Crippen LogP contribution in [0.15, 0.2) is 49.1 Å². The molecule has 0 fully saturated rings. The first kappa shape index (κ1) is 41.4. The number of nitrogens with one attached hydrogen (secondary N) is 1. The van der Waals surface area contributed by atoms with Crippen LogP contribution in [0.5, 0.6) is 5.75 Å². The second-order valence-corrected chi connectivity index (χ2v) is 15.4. The monoisotopic (exact) mass is 750 g/mol. The fourth-order valence-corrected chi connectivity index (χ4v) is 6.33. The Hall–Kier alpha value is -5.06. The third-order valence-electron chi connectivity index (χ3n) is 7.14. The van der Waals surface area contributed by atoms with Gasteiger partial charge in [0.25, 0.3) is 0 Å². The van der Waals surface area contributed by atoms with Crippen molar-refractivity contribution in [3.8, 4) is 5.75 Å². The van der Waals surface area contributed by atoms with Crippen molar-refractivity contribution < 1.29 is 56.0 Å². The number of benzene rings is 2. The summed E-state index contributed by atoms with van der Waals surface area (Å²) in [5.74, 6) is -2.83. The van der Waals surface area contributed by atoms with Crippen LogP contribution in [-0.4, -0.2) is 86.2 Å². The molecule has 1 aliphatic rings. The number of nitrogens with zero attached hydrogens (tertiary/aromatic N) is 3. The molecule has 0 aliphatic carbocycles. The van der Waals surface area contributed by atoms with Gasteiger partial charge in [0.1, 0.15) is 42.4 Å². The molecule has 0 unspecified atom stereocenters. The van der Waals surface area contributed by atoms with E-state index in [2.05, 4.69) is 6.58 Å². The van der Waals surface area contributed by atoms with Crippen molar-refractivity contribution >= 4 is 45.8 Å². The summed E-state index contributed by atoms with van der Waals surface area (Å²) >= 11 is 0. The second-order valence-electron chi connectivity index (χ2n) is 13.8. The summed E-state index contributed by atoms with van der Waals surface area (Å²) in [6, 6.07) is 8.66.